The van der Waals surface area contributed by atoms with Gasteiger partial charge in [0.05, 0.1) is 6.42 Å². The van der Waals surface area contributed by atoms with Crippen molar-refractivity contribution >= 4 is 27.3 Å². The second kappa shape index (κ2) is 7.97. The lowest BCUT2D eigenvalue weighted by atomic mass is 10.0. The van der Waals surface area contributed by atoms with Crippen LogP contribution in [0.5, 0.6) is 0 Å². The molecule has 1 amide bonds. The van der Waals surface area contributed by atoms with Crippen molar-refractivity contribution in [3.63, 3.8) is 0 Å². The van der Waals surface area contributed by atoms with Crippen LogP contribution in [0.4, 0.5) is 8.78 Å². The summed E-state index contributed by atoms with van der Waals surface area (Å²) in [6, 6.07) is 9.64. The number of carbonyl (C=O) groups excluding carboxylic acids is 1. The first-order valence-electron chi connectivity index (χ1n) is 8.37. The molecule has 0 unspecified atom stereocenters. The lowest BCUT2D eigenvalue weighted by Crippen LogP contribution is -2.15. The molecule has 0 saturated carbocycles. The van der Waals surface area contributed by atoms with Gasteiger partial charge >= 0.3 is 0 Å². The third-order valence-electron chi connectivity index (χ3n) is 4.30. The van der Waals surface area contributed by atoms with Crippen LogP contribution >= 0.6 is 11.3 Å². The molecule has 152 valence electrons. The molecule has 0 bridgehead atoms. The third kappa shape index (κ3) is 4.66. The zero-order valence-corrected chi connectivity index (χ0v) is 17.2. The van der Waals surface area contributed by atoms with Gasteiger partial charge in [0.25, 0.3) is 5.91 Å². The summed E-state index contributed by atoms with van der Waals surface area (Å²) in [6.07, 6.45) is -0.0342. The van der Waals surface area contributed by atoms with E-state index in [2.05, 4.69) is 4.99 Å². The number of hydrogen-bond donors (Lipinski definition) is 1. The first kappa shape index (κ1) is 21.0. The van der Waals surface area contributed by atoms with Gasteiger partial charge in [-0.2, -0.15) is 4.99 Å². The number of thiazole rings is 1. The number of halogens is 2. The number of nitrogens with two attached hydrogens (primary N) is 1. The van der Waals surface area contributed by atoms with Gasteiger partial charge in [-0.15, -0.1) is 0 Å². The van der Waals surface area contributed by atoms with E-state index in [-0.39, 0.29) is 21.0 Å². The van der Waals surface area contributed by atoms with Crippen molar-refractivity contribution in [2.75, 3.05) is 0 Å². The van der Waals surface area contributed by atoms with Gasteiger partial charge in [0.1, 0.15) is 11.6 Å². The molecule has 0 aliphatic heterocycles. The van der Waals surface area contributed by atoms with Crippen LogP contribution in [-0.2, 0) is 28.3 Å². The maximum atomic E-state index is 13.9. The van der Waals surface area contributed by atoms with E-state index in [1.165, 1.54) is 4.57 Å². The minimum Gasteiger partial charge on any atom is -0.323 e. The Balaban J connectivity index is 1.83. The van der Waals surface area contributed by atoms with Crippen molar-refractivity contribution in [1.29, 1.82) is 0 Å². The van der Waals surface area contributed by atoms with Crippen molar-refractivity contribution in [3.8, 4) is 11.1 Å². The van der Waals surface area contributed by atoms with E-state index in [1.807, 2.05) is 0 Å². The van der Waals surface area contributed by atoms with Crippen LogP contribution in [0, 0.1) is 18.6 Å². The van der Waals surface area contributed by atoms with Crippen molar-refractivity contribution < 1.29 is 22.0 Å². The molecule has 0 saturated heterocycles. The monoisotopic (exact) mass is 437 g/mol. The zero-order chi connectivity index (χ0) is 21.3. The van der Waals surface area contributed by atoms with Gasteiger partial charge in [-0.25, -0.2) is 22.3 Å². The molecule has 0 aliphatic carbocycles. The van der Waals surface area contributed by atoms with Gasteiger partial charge in [0, 0.05) is 18.3 Å². The lowest BCUT2D eigenvalue weighted by Gasteiger charge is -2.05. The summed E-state index contributed by atoms with van der Waals surface area (Å²) in [5, 5.41) is 5.17. The quantitative estimate of drug-likeness (QED) is 0.680. The third-order valence-corrected chi connectivity index (χ3v) is 7.08. The highest BCUT2D eigenvalue weighted by atomic mass is 32.2. The molecule has 0 radical (unpaired) electrons. The number of benzene rings is 2. The highest BCUT2D eigenvalue weighted by Gasteiger charge is 2.18. The second-order valence-corrected chi connectivity index (χ2v) is 9.10. The van der Waals surface area contributed by atoms with Gasteiger partial charge in [-0.05, 0) is 36.2 Å². The van der Waals surface area contributed by atoms with Crippen molar-refractivity contribution in [2.45, 2.75) is 17.6 Å². The molecule has 29 heavy (non-hydrogen) atoms. The van der Waals surface area contributed by atoms with Gasteiger partial charge in [0.2, 0.25) is 10.0 Å². The summed E-state index contributed by atoms with van der Waals surface area (Å²) in [7, 11) is -2.31. The average molecular weight is 437 g/mol. The average Bonchev–Trinajstić information content (AvgIpc) is 2.93. The van der Waals surface area contributed by atoms with Gasteiger partial charge in [0.15, 0.2) is 9.01 Å². The molecule has 6 nitrogen and oxygen atoms in total. The van der Waals surface area contributed by atoms with Crippen LogP contribution in [0.1, 0.15) is 11.3 Å². The predicted molar refractivity (Wildman–Crippen MR) is 105 cm³/mol. The summed E-state index contributed by atoms with van der Waals surface area (Å²) in [6.45, 7) is 1.57. The molecule has 0 atom stereocenters. The highest BCUT2D eigenvalue weighted by Crippen LogP contribution is 2.24. The molecule has 3 rings (SSSR count). The van der Waals surface area contributed by atoms with Crippen molar-refractivity contribution in [1.82, 2.24) is 4.57 Å². The summed E-state index contributed by atoms with van der Waals surface area (Å²) in [4.78, 5) is 16.5. The molecular weight excluding hydrogens is 420 g/mol. The van der Waals surface area contributed by atoms with Crippen LogP contribution in [0.3, 0.4) is 0 Å². The Morgan fingerprint density at radius 1 is 1.17 bits per heavy atom. The molecule has 0 spiro atoms. The Bertz CT molecular complexity index is 1260. The number of rotatable bonds is 4. The minimum atomic E-state index is -3.90. The number of carbonyl (C=O) groups is 1. The first-order valence-corrected chi connectivity index (χ1v) is 10.7. The Hall–Kier alpha value is -2.69. The summed E-state index contributed by atoms with van der Waals surface area (Å²) >= 11 is 0.820. The van der Waals surface area contributed by atoms with Crippen LogP contribution in [0.25, 0.3) is 11.1 Å². The van der Waals surface area contributed by atoms with E-state index in [0.717, 1.165) is 29.5 Å². The van der Waals surface area contributed by atoms with Gasteiger partial charge in [-0.3, -0.25) is 4.79 Å². The van der Waals surface area contributed by atoms with Crippen LogP contribution in [0.15, 0.2) is 51.7 Å². The molecule has 3 aromatic rings. The Morgan fingerprint density at radius 2 is 1.83 bits per heavy atom. The number of sulfonamides is 1. The Morgan fingerprint density at radius 3 is 2.41 bits per heavy atom. The van der Waals surface area contributed by atoms with Crippen molar-refractivity contribution in [2.24, 2.45) is 17.2 Å². The Kier molecular flexibility index (Phi) is 5.78. The van der Waals surface area contributed by atoms with Crippen LogP contribution < -0.4 is 9.94 Å². The SMILES string of the molecule is Cc1c(S(N)(=O)=O)sc(=NC(=O)Cc2ccc(-c3cc(F)ccc3F)cc2)n1C. The Labute approximate surface area is 170 Å². The maximum Gasteiger partial charge on any atom is 0.252 e. The van der Waals surface area contributed by atoms with E-state index in [1.54, 1.807) is 38.2 Å². The van der Waals surface area contributed by atoms with E-state index < -0.39 is 27.6 Å². The number of hydrogen-bond acceptors (Lipinski definition) is 4. The van der Waals surface area contributed by atoms with E-state index in [9.17, 15) is 22.0 Å². The molecule has 0 aliphatic rings. The fraction of sp³-hybridized carbons (Fsp3) is 0.158. The molecule has 2 aromatic carbocycles. The zero-order valence-electron chi connectivity index (χ0n) is 15.5. The number of primary sulfonamides is 1. The van der Waals surface area contributed by atoms with Crippen LogP contribution in [-0.4, -0.2) is 18.9 Å². The maximum absolute atomic E-state index is 13.9. The van der Waals surface area contributed by atoms with Gasteiger partial charge < -0.3 is 4.57 Å². The summed E-state index contributed by atoms with van der Waals surface area (Å²) < 4.78 is 51.8. The molecule has 2 N–H and O–H groups in total. The molecule has 10 heteroatoms. The molecule has 0 fully saturated rings. The van der Waals surface area contributed by atoms with Crippen LogP contribution in [0.2, 0.25) is 0 Å². The molecular formula is C19H17F2N3O3S2. The first-order chi connectivity index (χ1) is 13.6. The predicted octanol–water partition coefficient (Wildman–Crippen LogP) is 2.66. The minimum absolute atomic E-state index is 0.0342. The van der Waals surface area contributed by atoms with E-state index in [4.69, 9.17) is 5.14 Å². The largest absolute Gasteiger partial charge is 0.323 e. The summed E-state index contributed by atoms with van der Waals surface area (Å²) in [5.41, 5.74) is 1.63. The normalized spacial score (nSPS) is 12.4. The standard InChI is InChI=1S/C19H17F2N3O3S2/c1-11-18(29(22,26)27)28-19(24(11)2)23-17(25)9-12-3-5-13(6-4-12)15-10-14(20)7-8-16(15)21/h3-8,10H,9H2,1-2H3,(H2,22,26,27). The second-order valence-electron chi connectivity index (χ2n) is 6.36. The molecule has 1 heterocycles. The number of nitrogens with zero attached hydrogens (tertiary/aromatic N) is 2. The van der Waals surface area contributed by atoms with Gasteiger partial charge in [-0.1, -0.05) is 35.6 Å². The fourth-order valence-electron chi connectivity index (χ4n) is 2.71. The fourth-order valence-corrected chi connectivity index (χ4v) is 4.82. The smallest absolute Gasteiger partial charge is 0.252 e. The number of amides is 1. The molecule has 1 aromatic heterocycles. The number of aromatic nitrogens is 1. The van der Waals surface area contributed by atoms with E-state index >= 15 is 0 Å². The summed E-state index contributed by atoms with van der Waals surface area (Å²) in [5.74, 6) is -1.57. The lowest BCUT2D eigenvalue weighted by molar-refractivity contribution is -0.117. The van der Waals surface area contributed by atoms with E-state index in [0.29, 0.717) is 16.8 Å². The highest BCUT2D eigenvalue weighted by molar-refractivity contribution is 7.91. The van der Waals surface area contributed by atoms with Crippen molar-refractivity contribution in [3.05, 3.63) is 70.2 Å². The topological polar surface area (TPSA) is 94.5 Å².